The van der Waals surface area contributed by atoms with Crippen LogP contribution in [0.4, 0.5) is 0 Å². The van der Waals surface area contributed by atoms with E-state index in [0.29, 0.717) is 31.2 Å². The topological polar surface area (TPSA) is 71.5 Å². The smallest absolute Gasteiger partial charge is 0.253 e. The second kappa shape index (κ2) is 9.87. The first-order valence-electron chi connectivity index (χ1n) is 11.9. The number of allylic oxidation sites excluding steroid dienone is 1. The summed E-state index contributed by atoms with van der Waals surface area (Å²) < 4.78 is 6.35. The molecule has 1 aromatic heterocycles. The Kier molecular flexibility index (Phi) is 6.94. The Balaban J connectivity index is 1.61. The minimum absolute atomic E-state index is 0.0687. The molecule has 1 saturated heterocycles. The lowest BCUT2D eigenvalue weighted by molar-refractivity contribution is -0.129. The molecule has 1 aromatic carbocycles. The molecule has 2 amide bonds. The van der Waals surface area contributed by atoms with Gasteiger partial charge in [-0.1, -0.05) is 44.2 Å². The number of carbonyl (C=O) groups is 2. The van der Waals surface area contributed by atoms with Gasteiger partial charge < -0.3 is 15.0 Å². The van der Waals surface area contributed by atoms with E-state index >= 15 is 0 Å². The number of piperidine rings is 1. The maximum Gasteiger partial charge on any atom is 0.253 e. The van der Waals surface area contributed by atoms with Gasteiger partial charge in [-0.05, 0) is 55.0 Å². The number of amides is 2. The second-order valence-electron chi connectivity index (χ2n) is 9.24. The van der Waals surface area contributed by atoms with Crippen LogP contribution in [0, 0.1) is 5.92 Å². The van der Waals surface area contributed by atoms with E-state index < -0.39 is 0 Å². The molecule has 1 aliphatic carbocycles. The van der Waals surface area contributed by atoms with Gasteiger partial charge in [0.1, 0.15) is 0 Å². The van der Waals surface area contributed by atoms with Gasteiger partial charge in [0.2, 0.25) is 5.91 Å². The zero-order valence-electron chi connectivity index (χ0n) is 19.7. The molecule has 1 fully saturated rings. The summed E-state index contributed by atoms with van der Waals surface area (Å²) in [5, 5.41) is 3.23. The van der Waals surface area contributed by atoms with E-state index in [1.807, 2.05) is 24.0 Å². The Morgan fingerprint density at radius 3 is 2.64 bits per heavy atom. The van der Waals surface area contributed by atoms with Gasteiger partial charge in [-0.3, -0.25) is 14.6 Å². The molecule has 1 N–H and O–H groups in total. The standard InChI is InChI=1S/C27H33N3O3/c1-4-33-25-24(29-26(32)20-8-7-15-28-18-20)21-9-5-6-10-22(21)27(25)13-16-30(17-14-27)23(31)12-11-19(2)3/h5-12,15,18-19,24-25H,4,13-14,16-17H2,1-3H3,(H,29,32)/b12-11+/t24-,25+/m1/s1. The molecule has 2 aromatic rings. The molecule has 2 heterocycles. The first kappa shape index (κ1) is 23.2. The third-order valence-corrected chi connectivity index (χ3v) is 6.83. The van der Waals surface area contributed by atoms with Crippen LogP contribution in [-0.2, 0) is 14.9 Å². The Bertz CT molecular complexity index is 1010. The van der Waals surface area contributed by atoms with E-state index in [1.54, 1.807) is 30.6 Å². The van der Waals surface area contributed by atoms with Crippen molar-refractivity contribution in [2.45, 2.75) is 51.2 Å². The fraction of sp³-hybridized carbons (Fsp3) is 0.444. The molecule has 0 unspecified atom stereocenters. The third-order valence-electron chi connectivity index (χ3n) is 6.83. The Morgan fingerprint density at radius 2 is 1.97 bits per heavy atom. The zero-order valence-corrected chi connectivity index (χ0v) is 19.7. The maximum atomic E-state index is 13.0. The summed E-state index contributed by atoms with van der Waals surface area (Å²) in [6, 6.07) is 11.6. The van der Waals surface area contributed by atoms with E-state index in [1.165, 1.54) is 5.56 Å². The lowest BCUT2D eigenvalue weighted by Crippen LogP contribution is -2.51. The number of hydrogen-bond donors (Lipinski definition) is 1. The van der Waals surface area contributed by atoms with Crippen molar-refractivity contribution in [1.29, 1.82) is 0 Å². The lowest BCUT2D eigenvalue weighted by atomic mass is 9.71. The highest BCUT2D eigenvalue weighted by molar-refractivity contribution is 5.94. The van der Waals surface area contributed by atoms with E-state index in [4.69, 9.17) is 4.74 Å². The first-order valence-corrected chi connectivity index (χ1v) is 11.9. The van der Waals surface area contributed by atoms with Crippen molar-refractivity contribution >= 4 is 11.8 Å². The second-order valence-corrected chi connectivity index (χ2v) is 9.24. The summed E-state index contributed by atoms with van der Waals surface area (Å²) in [7, 11) is 0. The molecule has 2 aliphatic rings. The summed E-state index contributed by atoms with van der Waals surface area (Å²) in [5.74, 6) is 0.258. The fourth-order valence-electron chi connectivity index (χ4n) is 5.23. The van der Waals surface area contributed by atoms with Crippen LogP contribution < -0.4 is 5.32 Å². The van der Waals surface area contributed by atoms with Crippen molar-refractivity contribution in [2.24, 2.45) is 5.92 Å². The molecule has 4 rings (SSSR count). The maximum absolute atomic E-state index is 13.0. The monoisotopic (exact) mass is 447 g/mol. The summed E-state index contributed by atoms with van der Waals surface area (Å²) in [5.41, 5.74) is 2.62. The molecule has 1 aliphatic heterocycles. The minimum Gasteiger partial charge on any atom is -0.375 e. The fourth-order valence-corrected chi connectivity index (χ4v) is 5.23. The molecule has 0 radical (unpaired) electrons. The number of likely N-dealkylation sites (tertiary alicyclic amines) is 1. The van der Waals surface area contributed by atoms with Crippen LogP contribution in [-0.4, -0.2) is 47.5 Å². The molecule has 1 spiro atoms. The number of nitrogens with zero attached hydrogens (tertiary/aromatic N) is 2. The summed E-state index contributed by atoms with van der Waals surface area (Å²) in [4.78, 5) is 31.7. The van der Waals surface area contributed by atoms with Crippen LogP contribution >= 0.6 is 0 Å². The van der Waals surface area contributed by atoms with Crippen molar-refractivity contribution in [1.82, 2.24) is 15.2 Å². The Labute approximate surface area is 196 Å². The van der Waals surface area contributed by atoms with Gasteiger partial charge in [-0.2, -0.15) is 0 Å². The molecule has 6 heteroatoms. The molecule has 174 valence electrons. The largest absolute Gasteiger partial charge is 0.375 e. The van der Waals surface area contributed by atoms with Crippen LogP contribution in [0.2, 0.25) is 0 Å². The third kappa shape index (κ3) is 4.58. The average Bonchev–Trinajstić information content (AvgIpc) is 3.07. The molecule has 0 saturated carbocycles. The van der Waals surface area contributed by atoms with Gasteiger partial charge in [-0.15, -0.1) is 0 Å². The summed E-state index contributed by atoms with van der Waals surface area (Å²) in [6.07, 6.45) is 8.29. The van der Waals surface area contributed by atoms with E-state index in [2.05, 4.69) is 42.3 Å². The highest BCUT2D eigenvalue weighted by Gasteiger charge is 2.54. The molecule has 6 nitrogen and oxygen atoms in total. The lowest BCUT2D eigenvalue weighted by Gasteiger charge is -2.44. The van der Waals surface area contributed by atoms with Crippen LogP contribution in [0.25, 0.3) is 0 Å². The van der Waals surface area contributed by atoms with Crippen molar-refractivity contribution < 1.29 is 14.3 Å². The zero-order chi connectivity index (χ0) is 23.4. The molecule has 0 bridgehead atoms. The number of hydrogen-bond acceptors (Lipinski definition) is 4. The number of benzene rings is 1. The van der Waals surface area contributed by atoms with Gasteiger partial charge >= 0.3 is 0 Å². The average molecular weight is 448 g/mol. The van der Waals surface area contributed by atoms with E-state index in [-0.39, 0.29) is 29.4 Å². The van der Waals surface area contributed by atoms with Gasteiger partial charge in [0.05, 0.1) is 17.7 Å². The highest BCUT2D eigenvalue weighted by atomic mass is 16.5. The van der Waals surface area contributed by atoms with E-state index in [9.17, 15) is 9.59 Å². The normalized spacial score (nSPS) is 21.5. The minimum atomic E-state index is -0.253. The highest BCUT2D eigenvalue weighted by Crippen LogP contribution is 2.52. The molecular formula is C27H33N3O3. The number of carbonyl (C=O) groups excluding carboxylic acids is 2. The van der Waals surface area contributed by atoms with Gasteiger partial charge in [0, 0.05) is 37.5 Å². The van der Waals surface area contributed by atoms with E-state index in [0.717, 1.165) is 18.4 Å². The number of pyridine rings is 1. The van der Waals surface area contributed by atoms with Gasteiger partial charge in [0.25, 0.3) is 5.91 Å². The quantitative estimate of drug-likeness (QED) is 0.679. The SMILES string of the molecule is CCO[C@H]1[C@H](NC(=O)c2cccnc2)c2ccccc2C12CCN(C(=O)/C=C/C(C)C)CC2. The Hall–Kier alpha value is -2.99. The van der Waals surface area contributed by atoms with Crippen molar-refractivity contribution in [3.8, 4) is 0 Å². The van der Waals surface area contributed by atoms with Crippen molar-refractivity contribution in [3.05, 3.63) is 77.6 Å². The predicted octanol–water partition coefficient (Wildman–Crippen LogP) is 4.04. The van der Waals surface area contributed by atoms with Crippen LogP contribution in [0.3, 0.4) is 0 Å². The molecular weight excluding hydrogens is 414 g/mol. The van der Waals surface area contributed by atoms with Crippen molar-refractivity contribution in [2.75, 3.05) is 19.7 Å². The summed E-state index contributed by atoms with van der Waals surface area (Å²) >= 11 is 0. The number of fused-ring (bicyclic) bond motifs is 2. The number of ether oxygens (including phenoxy) is 1. The predicted molar refractivity (Wildman–Crippen MR) is 128 cm³/mol. The van der Waals surface area contributed by atoms with Crippen LogP contribution in [0.15, 0.2) is 60.9 Å². The number of nitrogens with one attached hydrogen (secondary N) is 1. The Morgan fingerprint density at radius 1 is 1.21 bits per heavy atom. The molecule has 33 heavy (non-hydrogen) atoms. The first-order chi connectivity index (χ1) is 16.0. The summed E-state index contributed by atoms with van der Waals surface area (Å²) in [6.45, 7) is 8.02. The van der Waals surface area contributed by atoms with Crippen molar-refractivity contribution in [3.63, 3.8) is 0 Å². The van der Waals surface area contributed by atoms with Gasteiger partial charge in [0.15, 0.2) is 0 Å². The van der Waals surface area contributed by atoms with Crippen LogP contribution in [0.1, 0.15) is 61.1 Å². The molecule has 2 atom stereocenters. The number of aromatic nitrogens is 1. The van der Waals surface area contributed by atoms with Crippen LogP contribution in [0.5, 0.6) is 0 Å². The van der Waals surface area contributed by atoms with Gasteiger partial charge in [-0.25, -0.2) is 0 Å². The number of rotatable bonds is 6.